The third-order valence-corrected chi connectivity index (χ3v) is 21.1. The van der Waals surface area contributed by atoms with E-state index in [9.17, 15) is 66.4 Å². The van der Waals surface area contributed by atoms with Gasteiger partial charge in [0.1, 0.15) is 85.5 Å². The molecule has 9 aliphatic rings. The minimum atomic E-state index is -1.84. The van der Waals surface area contributed by atoms with E-state index in [0.29, 0.717) is 38.5 Å². The summed E-state index contributed by atoms with van der Waals surface area (Å²) >= 11 is 0. The first-order valence-electron chi connectivity index (χ1n) is 27.3. The molecular formula is C53H86O22. The molecule has 22 nitrogen and oxygen atoms in total. The maximum Gasteiger partial charge on any atom is 0.315 e. The molecule has 0 bridgehead atoms. The Balaban J connectivity index is 0.931. The largest absolute Gasteiger partial charge is 0.432 e. The Morgan fingerprint density at radius 3 is 1.95 bits per heavy atom. The Hall–Kier alpha value is -1.59. The zero-order valence-corrected chi connectivity index (χ0v) is 44.2. The van der Waals surface area contributed by atoms with Gasteiger partial charge in [0.2, 0.25) is 6.29 Å². The van der Waals surface area contributed by atoms with Crippen molar-refractivity contribution in [1.82, 2.24) is 0 Å². The van der Waals surface area contributed by atoms with Crippen molar-refractivity contribution in [2.45, 2.75) is 235 Å². The van der Waals surface area contributed by atoms with Crippen LogP contribution in [-0.4, -0.2) is 222 Å². The summed E-state index contributed by atoms with van der Waals surface area (Å²) in [7, 11) is 0. The monoisotopic (exact) mass is 1070 g/mol. The molecule has 0 aromatic carbocycles. The second kappa shape index (κ2) is 21.1. The van der Waals surface area contributed by atoms with Crippen LogP contribution in [0.15, 0.2) is 11.6 Å². The van der Waals surface area contributed by atoms with E-state index in [1.54, 1.807) is 0 Å². The zero-order chi connectivity index (χ0) is 54.7. The van der Waals surface area contributed by atoms with Crippen LogP contribution in [0.2, 0.25) is 0 Å². The molecule has 4 saturated heterocycles. The molecule has 4 heterocycles. The van der Waals surface area contributed by atoms with Crippen molar-refractivity contribution in [2.24, 2.45) is 50.2 Å². The minimum absolute atomic E-state index is 0.0432. The minimum Gasteiger partial charge on any atom is -0.432 e. The molecular weight excluding hydrogens is 989 g/mol. The van der Waals surface area contributed by atoms with Crippen molar-refractivity contribution >= 4 is 5.97 Å². The summed E-state index contributed by atoms with van der Waals surface area (Å²) in [4.78, 5) is 15.1. The van der Waals surface area contributed by atoms with Crippen molar-refractivity contribution in [2.75, 3.05) is 26.4 Å². The van der Waals surface area contributed by atoms with Crippen LogP contribution in [0, 0.1) is 50.2 Å². The summed E-state index contributed by atoms with van der Waals surface area (Å²) in [5.41, 5.74) is -1.70. The van der Waals surface area contributed by atoms with Gasteiger partial charge in [-0.3, -0.25) is 4.79 Å². The molecule has 5 aliphatic carbocycles. The summed E-state index contributed by atoms with van der Waals surface area (Å²) in [6, 6.07) is 0. The van der Waals surface area contributed by atoms with Gasteiger partial charge >= 0.3 is 5.97 Å². The summed E-state index contributed by atoms with van der Waals surface area (Å²) in [5, 5.41) is 139. The van der Waals surface area contributed by atoms with Crippen molar-refractivity contribution < 1.29 is 109 Å². The lowest BCUT2D eigenvalue weighted by Crippen LogP contribution is -2.67. The Kier molecular flexibility index (Phi) is 16.3. The molecule has 22 heteroatoms. The van der Waals surface area contributed by atoms with Crippen LogP contribution in [0.25, 0.3) is 0 Å². The molecule has 0 unspecified atom stereocenters. The van der Waals surface area contributed by atoms with E-state index in [2.05, 4.69) is 40.7 Å². The predicted octanol–water partition coefficient (Wildman–Crippen LogP) is -1.40. The number of aliphatic hydroxyl groups is 13. The molecule has 0 aromatic heterocycles. The van der Waals surface area contributed by atoms with E-state index >= 15 is 4.79 Å². The number of ether oxygens (including phenoxy) is 8. The lowest BCUT2D eigenvalue weighted by Gasteiger charge is -2.71. The average Bonchev–Trinajstić information content (AvgIpc) is 3.37. The van der Waals surface area contributed by atoms with Gasteiger partial charge < -0.3 is 104 Å². The Morgan fingerprint density at radius 1 is 0.640 bits per heavy atom. The molecule has 0 amide bonds. The van der Waals surface area contributed by atoms with Crippen LogP contribution < -0.4 is 0 Å². The summed E-state index contributed by atoms with van der Waals surface area (Å²) in [6.07, 6.45) is -20.8. The van der Waals surface area contributed by atoms with E-state index in [4.69, 9.17) is 37.9 Å². The fourth-order valence-corrected chi connectivity index (χ4v) is 16.1. The molecule has 0 spiro atoms. The van der Waals surface area contributed by atoms with Gasteiger partial charge in [-0.2, -0.15) is 0 Å². The first-order valence-corrected chi connectivity index (χ1v) is 27.3. The Bertz CT molecular complexity index is 2060. The first-order chi connectivity index (χ1) is 35.1. The number of hydrogen-bond acceptors (Lipinski definition) is 22. The van der Waals surface area contributed by atoms with Gasteiger partial charge in [-0.15, -0.1) is 0 Å². The third kappa shape index (κ3) is 9.50. The van der Waals surface area contributed by atoms with Gasteiger partial charge in [0.15, 0.2) is 18.9 Å². The second-order valence-corrected chi connectivity index (χ2v) is 25.7. The van der Waals surface area contributed by atoms with Crippen LogP contribution in [-0.2, 0) is 42.7 Å². The molecule has 9 rings (SSSR count). The second-order valence-electron chi connectivity index (χ2n) is 25.7. The average molecular weight is 1080 g/mol. The lowest BCUT2D eigenvalue weighted by molar-refractivity contribution is -0.365. The van der Waals surface area contributed by atoms with E-state index < -0.39 is 153 Å². The topological polar surface area (TPSA) is 354 Å². The maximum atomic E-state index is 15.1. The Morgan fingerprint density at radius 2 is 1.27 bits per heavy atom. The van der Waals surface area contributed by atoms with Crippen LogP contribution in [0.4, 0.5) is 0 Å². The van der Waals surface area contributed by atoms with Gasteiger partial charge in [0.05, 0.1) is 44.1 Å². The summed E-state index contributed by atoms with van der Waals surface area (Å²) in [5.74, 6) is -0.732. The van der Waals surface area contributed by atoms with Crippen molar-refractivity contribution in [3.63, 3.8) is 0 Å². The molecule has 28 atom stereocenters. The van der Waals surface area contributed by atoms with Gasteiger partial charge in [0, 0.05) is 5.41 Å². The van der Waals surface area contributed by atoms with Gasteiger partial charge in [-0.1, -0.05) is 53.2 Å². The van der Waals surface area contributed by atoms with E-state index in [-0.39, 0.29) is 52.6 Å². The van der Waals surface area contributed by atoms with Crippen LogP contribution >= 0.6 is 0 Å². The number of esters is 1. The maximum absolute atomic E-state index is 15.1. The normalized spacial score (nSPS) is 54.8. The van der Waals surface area contributed by atoms with E-state index in [1.165, 1.54) is 12.5 Å². The summed E-state index contributed by atoms with van der Waals surface area (Å²) < 4.78 is 47.6. The molecule has 4 aliphatic heterocycles. The SMILES string of the molecule is C[C@@H]1O[C@@H](O[C@H]2[C@H](O[C@H]3CC[C@@]4(C)[C@@H](CC[C@]5(C)[C@@H]4CC=C4[C@H]6CC(C)(C)CC[C@]6(C(=O)O[C@@H]6O[C@H](CO[C@@H]7O[C@H](CO)[C@@H](O)[C@H](O)[C@H]7O)[C@@H](O)[C@H](O)[C@H]6O)CC[C@]45C)[C@]3(C)CO)OC[C@H](O)[C@@H]2O)[C@H](O)[C@H](O)[C@H]1O. The van der Waals surface area contributed by atoms with Crippen LogP contribution in [0.5, 0.6) is 0 Å². The number of carbonyl (C=O) groups is 1. The third-order valence-electron chi connectivity index (χ3n) is 21.1. The molecule has 0 radical (unpaired) electrons. The number of aliphatic hydroxyl groups excluding tert-OH is 13. The first kappa shape index (κ1) is 58.1. The molecule has 430 valence electrons. The molecule has 8 fully saturated rings. The number of fused-ring (bicyclic) bond motifs is 7. The highest BCUT2D eigenvalue weighted by Gasteiger charge is 2.71. The van der Waals surface area contributed by atoms with E-state index in [1.807, 2.05) is 6.92 Å². The van der Waals surface area contributed by atoms with Gasteiger partial charge in [-0.05, 0) is 111 Å². The van der Waals surface area contributed by atoms with Crippen molar-refractivity contribution in [3.05, 3.63) is 11.6 Å². The molecule has 13 N–H and O–H groups in total. The van der Waals surface area contributed by atoms with Gasteiger partial charge in [-0.25, -0.2) is 0 Å². The number of carbonyl (C=O) groups excluding carboxylic acids is 1. The highest BCUT2D eigenvalue weighted by Crippen LogP contribution is 2.76. The highest BCUT2D eigenvalue weighted by molar-refractivity contribution is 5.79. The quantitative estimate of drug-likeness (QED) is 0.0643. The van der Waals surface area contributed by atoms with Crippen molar-refractivity contribution in [1.29, 1.82) is 0 Å². The number of hydrogen-bond donors (Lipinski definition) is 13. The standard InChI is InChI=1S/C53H86O22/c1-23-32(57)36(61)40(65)44(70-23)74-42-33(58)26(56)20-68-46(42)73-31-11-12-49(4)29(50(31,5)22-55)10-13-52(7)30(49)9-8-24-25-18-48(2,3)14-16-53(25,17-15-51(24,52)6)47(67)75-45-41(66)38(63)35(60)28(72-45)21-69-43-39(64)37(62)34(59)27(19-54)71-43/h8,23,25-46,54-66H,9-22H2,1-7H3/t23-,25+,26-,27+,28+,29+,30+,31-,32-,33-,34+,35+,36+,37-,38-,39+,40+,41+,42+,43+,44-,45-,46-,49-,50-,51+,52+,53-/m0/s1. The smallest absolute Gasteiger partial charge is 0.315 e. The van der Waals surface area contributed by atoms with E-state index in [0.717, 1.165) is 25.7 Å². The molecule has 0 aromatic rings. The van der Waals surface area contributed by atoms with Crippen molar-refractivity contribution in [3.8, 4) is 0 Å². The number of allylic oxidation sites excluding steroid dienone is 2. The molecule has 75 heavy (non-hydrogen) atoms. The van der Waals surface area contributed by atoms with Crippen LogP contribution in [0.3, 0.4) is 0 Å². The zero-order valence-electron chi connectivity index (χ0n) is 44.2. The van der Waals surface area contributed by atoms with Crippen LogP contribution in [0.1, 0.15) is 113 Å². The van der Waals surface area contributed by atoms with Gasteiger partial charge in [0.25, 0.3) is 0 Å². The highest BCUT2D eigenvalue weighted by atomic mass is 16.8. The predicted molar refractivity (Wildman–Crippen MR) is 257 cm³/mol. The lowest BCUT2D eigenvalue weighted by atomic mass is 9.33. The number of rotatable bonds is 11. The fourth-order valence-electron chi connectivity index (χ4n) is 16.1. The molecule has 4 saturated carbocycles. The summed E-state index contributed by atoms with van der Waals surface area (Å²) in [6.45, 7) is 13.2. The Labute approximate surface area is 437 Å². The fraction of sp³-hybridized carbons (Fsp3) is 0.943.